The second-order valence-electron chi connectivity index (χ2n) is 18.2. The molecule has 8 aromatic carbocycles. The van der Waals surface area contributed by atoms with Crippen molar-refractivity contribution in [1.82, 2.24) is 15.0 Å². The van der Waals surface area contributed by atoms with Gasteiger partial charge in [0, 0.05) is 18.6 Å². The van der Waals surface area contributed by atoms with Gasteiger partial charge >= 0.3 is 20.1 Å². The van der Waals surface area contributed by atoms with Crippen LogP contribution in [0.2, 0.25) is 0 Å². The van der Waals surface area contributed by atoms with E-state index in [2.05, 4.69) is 211 Å². The van der Waals surface area contributed by atoms with E-state index in [1.807, 2.05) is 61.1 Å². The monoisotopic (exact) mass is 1100 g/mol. The fourth-order valence-electron chi connectivity index (χ4n) is 9.48. The van der Waals surface area contributed by atoms with Gasteiger partial charge in [0.2, 0.25) is 0 Å². The van der Waals surface area contributed by atoms with Crippen LogP contribution >= 0.6 is 0 Å². The van der Waals surface area contributed by atoms with E-state index in [9.17, 15) is 0 Å². The predicted molar refractivity (Wildman–Crippen MR) is 292 cm³/mol. The number of benzene rings is 8. The van der Waals surface area contributed by atoms with Crippen LogP contribution in [0, 0.1) is 25.1 Å². The van der Waals surface area contributed by atoms with E-state index in [0.29, 0.717) is 0 Å². The van der Waals surface area contributed by atoms with Gasteiger partial charge in [-0.05, 0) is 111 Å². The molecule has 346 valence electrons. The van der Waals surface area contributed by atoms with E-state index in [1.165, 1.54) is 50.1 Å². The second kappa shape index (κ2) is 22.3. The molecule has 3 heterocycles. The molecular weight excluding hydrogens is 1050 g/mol. The molecule has 0 spiro atoms. The molecule has 3 aromatic heterocycles. The van der Waals surface area contributed by atoms with E-state index >= 15 is 0 Å². The van der Waals surface area contributed by atoms with E-state index in [4.69, 9.17) is 4.98 Å². The summed E-state index contributed by atoms with van der Waals surface area (Å²) in [6, 6.07) is 88.7. The van der Waals surface area contributed by atoms with Crippen molar-refractivity contribution in [2.45, 2.75) is 32.6 Å². The Morgan fingerprint density at radius 2 is 0.833 bits per heavy atom. The molecule has 0 amide bonds. The summed E-state index contributed by atoms with van der Waals surface area (Å²) in [6.45, 7) is 2.11. The molecule has 0 saturated heterocycles. The average molecular weight is 1100 g/mol. The minimum absolute atomic E-state index is 0. The predicted octanol–water partition coefficient (Wildman–Crippen LogP) is 16.5. The number of nitrogens with zero attached hydrogens (tertiary/aromatic N) is 3. The molecule has 72 heavy (non-hydrogen) atoms. The molecule has 0 aliphatic heterocycles. The maximum Gasteiger partial charge on any atom is 3.00 e. The molecule has 4 heteroatoms. The molecule has 3 nitrogen and oxygen atoms in total. The fourth-order valence-corrected chi connectivity index (χ4v) is 9.48. The first-order chi connectivity index (χ1) is 35.1. The van der Waals surface area contributed by atoms with Gasteiger partial charge in [0.05, 0.1) is 0 Å². The van der Waals surface area contributed by atoms with Gasteiger partial charge in [-0.3, -0.25) is 0 Å². The Labute approximate surface area is 437 Å². The third-order valence-electron chi connectivity index (χ3n) is 13.3. The topological polar surface area (TPSA) is 38.7 Å². The third kappa shape index (κ3) is 11.1. The zero-order valence-corrected chi connectivity index (χ0v) is 42.4. The summed E-state index contributed by atoms with van der Waals surface area (Å²) in [5, 5.41) is 0. The summed E-state index contributed by atoms with van der Waals surface area (Å²) < 4.78 is 0. The maximum absolute atomic E-state index is 4.80. The van der Waals surface area contributed by atoms with E-state index in [1.54, 1.807) is 0 Å². The molecule has 0 N–H and O–H groups in total. The van der Waals surface area contributed by atoms with Crippen molar-refractivity contribution in [3.63, 3.8) is 0 Å². The van der Waals surface area contributed by atoms with Crippen LogP contribution in [0.1, 0.15) is 27.8 Å². The van der Waals surface area contributed by atoms with E-state index in [-0.39, 0.29) is 20.1 Å². The molecule has 0 aliphatic rings. The zero-order valence-electron chi connectivity index (χ0n) is 40.0. The van der Waals surface area contributed by atoms with Crippen molar-refractivity contribution in [3.8, 4) is 89.4 Å². The Kier molecular flexibility index (Phi) is 14.7. The summed E-state index contributed by atoms with van der Waals surface area (Å²) in [5.74, 6) is 0. The molecule has 0 fully saturated rings. The molecule has 11 rings (SSSR count). The second-order valence-corrected chi connectivity index (χ2v) is 18.2. The van der Waals surface area contributed by atoms with Crippen LogP contribution in [-0.2, 0) is 45.8 Å². The Morgan fingerprint density at radius 1 is 0.306 bits per heavy atom. The fraction of sp³-hybridized carbons (Fsp3) is 0.0735. The van der Waals surface area contributed by atoms with Crippen LogP contribution < -0.4 is 0 Å². The SMILES string of the molecule is Cc1ccnc(-c2[c-]cc(-c3ccccc3-c3cc(CCc4c[c-]c(-c5ccccn5)cc4)cc(CCc4c[c-]c(-c5ccccn5)cc4)c3)c(-c3cccc(-c4ccc(-c5ccccc5)cc4)c3)c2)c1.[Ir+3]. The van der Waals surface area contributed by atoms with Crippen molar-refractivity contribution in [3.05, 3.63) is 283 Å². The number of aryl methyl sites for hydroxylation is 5. The van der Waals surface area contributed by atoms with Gasteiger partial charge in [0.25, 0.3) is 0 Å². The molecule has 0 radical (unpaired) electrons. The first kappa shape index (κ1) is 47.5. The number of hydrogen-bond donors (Lipinski definition) is 0. The van der Waals surface area contributed by atoms with Crippen LogP contribution in [0.4, 0.5) is 0 Å². The Balaban J connectivity index is 0.00000596. The van der Waals surface area contributed by atoms with Crippen LogP contribution in [0.25, 0.3) is 89.4 Å². The molecule has 0 aliphatic carbocycles. The van der Waals surface area contributed by atoms with Crippen molar-refractivity contribution >= 4 is 0 Å². The smallest absolute Gasteiger partial charge is 0.305 e. The normalized spacial score (nSPS) is 11.0. The molecule has 11 aromatic rings. The van der Waals surface area contributed by atoms with Gasteiger partial charge in [0.15, 0.2) is 0 Å². The molecule has 0 unspecified atom stereocenters. The summed E-state index contributed by atoms with van der Waals surface area (Å²) in [4.78, 5) is 13.9. The molecular formula is C68H50IrN3. The van der Waals surface area contributed by atoms with Gasteiger partial charge < -0.3 is 15.0 Å². The van der Waals surface area contributed by atoms with Crippen molar-refractivity contribution < 1.29 is 20.1 Å². The summed E-state index contributed by atoms with van der Waals surface area (Å²) in [7, 11) is 0. The van der Waals surface area contributed by atoms with Crippen LogP contribution in [0.5, 0.6) is 0 Å². The van der Waals surface area contributed by atoms with Gasteiger partial charge in [-0.15, -0.1) is 94.5 Å². The van der Waals surface area contributed by atoms with Crippen LogP contribution in [-0.4, -0.2) is 15.0 Å². The average Bonchev–Trinajstić information content (AvgIpc) is 3.45. The van der Waals surface area contributed by atoms with E-state index in [0.717, 1.165) is 92.8 Å². The first-order valence-corrected chi connectivity index (χ1v) is 24.4. The first-order valence-electron chi connectivity index (χ1n) is 24.4. The largest absolute Gasteiger partial charge is 3.00 e. The quantitative estimate of drug-likeness (QED) is 0.102. The summed E-state index contributed by atoms with van der Waals surface area (Å²) in [6.07, 6.45) is 9.12. The Bertz CT molecular complexity index is 3450. The van der Waals surface area contributed by atoms with Crippen molar-refractivity contribution in [2.75, 3.05) is 0 Å². The van der Waals surface area contributed by atoms with Gasteiger partial charge in [-0.1, -0.05) is 181 Å². The number of hydrogen-bond acceptors (Lipinski definition) is 3. The third-order valence-corrected chi connectivity index (χ3v) is 13.3. The van der Waals surface area contributed by atoms with Crippen molar-refractivity contribution in [2.24, 2.45) is 0 Å². The van der Waals surface area contributed by atoms with Crippen LogP contribution in [0.15, 0.2) is 237 Å². The van der Waals surface area contributed by atoms with Gasteiger partial charge in [-0.2, -0.15) is 0 Å². The number of pyridine rings is 3. The standard InChI is InChI=1S/C68H50N3.Ir/c1-48-38-41-71-68(42-48)60-36-37-64(65(47-60)59-15-11-14-58(46-59)55-34-32-54(33-35-55)53-12-3-2-4-13-53)63-17-6-5-16-62(63)61-44-51(22-20-49-24-28-56(29-25-49)66-18-7-9-39-69-66)43-52(45-61)23-21-50-26-30-57(31-27-50)67-19-8-10-40-70-67;/h2-19,24-28,30,32-35,37-47H,20-23H2,1H3;/q-3;+3. The zero-order chi connectivity index (χ0) is 47.8. The Hall–Kier alpha value is -8.14. The van der Waals surface area contributed by atoms with Gasteiger partial charge in [0.1, 0.15) is 0 Å². The molecule has 0 bridgehead atoms. The molecule has 0 atom stereocenters. The molecule has 0 saturated carbocycles. The van der Waals surface area contributed by atoms with E-state index < -0.39 is 0 Å². The minimum Gasteiger partial charge on any atom is -0.305 e. The maximum atomic E-state index is 4.80. The number of aromatic nitrogens is 3. The van der Waals surface area contributed by atoms with Crippen molar-refractivity contribution in [1.29, 1.82) is 0 Å². The summed E-state index contributed by atoms with van der Waals surface area (Å²) in [5.41, 5.74) is 23.7. The minimum atomic E-state index is 0. The van der Waals surface area contributed by atoms with Crippen LogP contribution in [0.3, 0.4) is 0 Å². The van der Waals surface area contributed by atoms with Gasteiger partial charge in [-0.25, -0.2) is 0 Å². The number of rotatable bonds is 14. The summed E-state index contributed by atoms with van der Waals surface area (Å²) >= 11 is 0. The Morgan fingerprint density at radius 3 is 1.43 bits per heavy atom.